The second kappa shape index (κ2) is 8.20. The van der Waals surface area contributed by atoms with Crippen molar-refractivity contribution in [1.82, 2.24) is 0 Å². The number of carbonyl (C=O) groups excluding carboxylic acids is 2. The van der Waals surface area contributed by atoms with E-state index in [0.29, 0.717) is 0 Å². The summed E-state index contributed by atoms with van der Waals surface area (Å²) < 4.78 is 29.1. The van der Waals surface area contributed by atoms with E-state index in [4.69, 9.17) is 21.1 Å². The van der Waals surface area contributed by atoms with Crippen molar-refractivity contribution >= 4 is 29.4 Å². The van der Waals surface area contributed by atoms with Gasteiger partial charge in [0.05, 0.1) is 17.8 Å². The monoisotopic (exact) mass is 373 g/mol. The van der Waals surface area contributed by atoms with E-state index in [2.05, 4.69) is 16.6 Å². The molecule has 0 aliphatic rings. The Labute approximate surface area is 150 Å². The third-order valence-corrected chi connectivity index (χ3v) is 3.06. The Hall–Kier alpha value is -2.28. The van der Waals surface area contributed by atoms with Gasteiger partial charge in [-0.2, -0.15) is 0 Å². The lowest BCUT2D eigenvalue weighted by Crippen LogP contribution is -2.31. The van der Waals surface area contributed by atoms with E-state index in [1.165, 1.54) is 13.0 Å². The highest BCUT2D eigenvalue weighted by Gasteiger charge is 2.25. The number of halogens is 2. The molecule has 8 heteroatoms. The number of esters is 1. The zero-order chi connectivity index (χ0) is 19.4. The van der Waals surface area contributed by atoms with Crippen molar-refractivity contribution in [1.29, 1.82) is 0 Å². The largest absolute Gasteiger partial charge is 0.487 e. The molecule has 0 heterocycles. The number of methoxy groups -OCH3 is 1. The summed E-state index contributed by atoms with van der Waals surface area (Å²) in [7, 11) is 1.15. The molecule has 0 radical (unpaired) electrons. The molecule has 6 nitrogen and oxygen atoms in total. The molecule has 1 unspecified atom stereocenters. The van der Waals surface area contributed by atoms with Crippen molar-refractivity contribution in [3.05, 3.63) is 35.1 Å². The SMILES string of the molecule is C=C(C)C(OC(=O)Nc1cc(OC(C)(C)C)c(Cl)cc1F)C(=O)OC. The number of hydrogen-bond acceptors (Lipinski definition) is 5. The maximum absolute atomic E-state index is 14.0. The van der Waals surface area contributed by atoms with E-state index in [0.717, 1.165) is 13.2 Å². The summed E-state index contributed by atoms with van der Waals surface area (Å²) in [5, 5.41) is 2.26. The van der Waals surface area contributed by atoms with E-state index in [-0.39, 0.29) is 22.0 Å². The minimum absolute atomic E-state index is 0.0562. The Balaban J connectivity index is 2.98. The van der Waals surface area contributed by atoms with Crippen LogP contribution in [0.25, 0.3) is 0 Å². The highest BCUT2D eigenvalue weighted by atomic mass is 35.5. The molecule has 0 aliphatic carbocycles. The second-order valence-electron chi connectivity index (χ2n) is 6.26. The van der Waals surface area contributed by atoms with Gasteiger partial charge < -0.3 is 14.2 Å². The number of hydrogen-bond donors (Lipinski definition) is 1. The maximum atomic E-state index is 14.0. The predicted molar refractivity (Wildman–Crippen MR) is 92.5 cm³/mol. The van der Waals surface area contributed by atoms with Crippen molar-refractivity contribution in [2.75, 3.05) is 12.4 Å². The first-order valence-electron chi connectivity index (χ1n) is 7.33. The summed E-state index contributed by atoms with van der Waals surface area (Å²) in [4.78, 5) is 23.5. The van der Waals surface area contributed by atoms with Gasteiger partial charge in [0, 0.05) is 6.07 Å². The lowest BCUT2D eigenvalue weighted by Gasteiger charge is -2.23. The second-order valence-corrected chi connectivity index (χ2v) is 6.66. The maximum Gasteiger partial charge on any atom is 0.412 e. The summed E-state index contributed by atoms with van der Waals surface area (Å²) in [5.74, 6) is -1.39. The Bertz CT molecular complexity index is 684. The molecule has 0 spiro atoms. The van der Waals surface area contributed by atoms with Gasteiger partial charge in [0.15, 0.2) is 0 Å². The minimum atomic E-state index is -1.30. The van der Waals surface area contributed by atoms with Crippen LogP contribution in [-0.2, 0) is 14.3 Å². The standard InChI is InChI=1S/C17H21ClFNO5/c1-9(2)14(15(21)23-6)24-16(22)20-12-8-13(25-17(3,4)5)10(18)7-11(12)19/h7-8,14H,1H2,2-6H3,(H,20,22). The Morgan fingerprint density at radius 3 is 2.40 bits per heavy atom. The molecule has 1 rings (SSSR count). The smallest absolute Gasteiger partial charge is 0.412 e. The van der Waals surface area contributed by atoms with Gasteiger partial charge in [-0.25, -0.2) is 14.0 Å². The van der Waals surface area contributed by atoms with Crippen LogP contribution in [0.3, 0.4) is 0 Å². The number of anilines is 1. The molecule has 138 valence electrons. The third-order valence-electron chi connectivity index (χ3n) is 2.76. The quantitative estimate of drug-likeness (QED) is 0.614. The van der Waals surface area contributed by atoms with Crippen LogP contribution in [0.4, 0.5) is 14.9 Å². The van der Waals surface area contributed by atoms with E-state index in [1.807, 2.05) is 0 Å². The molecule has 0 fully saturated rings. The van der Waals surface area contributed by atoms with Crippen LogP contribution < -0.4 is 10.1 Å². The first-order chi connectivity index (χ1) is 11.4. The van der Waals surface area contributed by atoms with Crippen LogP contribution in [0, 0.1) is 5.82 Å². The van der Waals surface area contributed by atoms with Crippen LogP contribution in [-0.4, -0.2) is 30.9 Å². The molecule has 0 aromatic heterocycles. The molecule has 0 saturated carbocycles. The van der Waals surface area contributed by atoms with Crippen molar-refractivity contribution in [3.63, 3.8) is 0 Å². The summed E-state index contributed by atoms with van der Waals surface area (Å²) >= 11 is 5.95. The average Bonchev–Trinajstić information content (AvgIpc) is 2.47. The number of nitrogens with one attached hydrogen (secondary N) is 1. The molecule has 1 atom stereocenters. The summed E-state index contributed by atoms with van der Waals surface area (Å²) in [6.07, 6.45) is -2.35. The van der Waals surface area contributed by atoms with Gasteiger partial charge >= 0.3 is 12.1 Å². The fourth-order valence-corrected chi connectivity index (χ4v) is 1.93. The summed E-state index contributed by atoms with van der Waals surface area (Å²) in [6.45, 7) is 10.4. The van der Waals surface area contributed by atoms with Gasteiger partial charge in [-0.3, -0.25) is 5.32 Å². The zero-order valence-corrected chi connectivity index (χ0v) is 15.5. The van der Waals surface area contributed by atoms with Gasteiger partial charge in [-0.05, 0) is 39.3 Å². The fourth-order valence-electron chi connectivity index (χ4n) is 1.74. The first-order valence-corrected chi connectivity index (χ1v) is 7.71. The Kier molecular flexibility index (Phi) is 6.81. The Morgan fingerprint density at radius 1 is 1.32 bits per heavy atom. The lowest BCUT2D eigenvalue weighted by atomic mass is 10.2. The predicted octanol–water partition coefficient (Wildman–Crippen LogP) is 4.32. The van der Waals surface area contributed by atoms with Gasteiger partial charge in [0.25, 0.3) is 0 Å². The van der Waals surface area contributed by atoms with Crippen molar-refractivity contribution in [2.45, 2.75) is 39.4 Å². The molecule has 1 aromatic carbocycles. The summed E-state index contributed by atoms with van der Waals surface area (Å²) in [6, 6.07) is 2.24. The van der Waals surface area contributed by atoms with Crippen LogP contribution in [0.5, 0.6) is 5.75 Å². The van der Waals surface area contributed by atoms with Crippen LogP contribution in [0.15, 0.2) is 24.3 Å². The number of ether oxygens (including phenoxy) is 3. The van der Waals surface area contributed by atoms with Crippen LogP contribution >= 0.6 is 11.6 Å². The van der Waals surface area contributed by atoms with E-state index < -0.39 is 29.6 Å². The number of carbonyl (C=O) groups is 2. The number of benzene rings is 1. The lowest BCUT2D eigenvalue weighted by molar-refractivity contribution is -0.148. The van der Waals surface area contributed by atoms with E-state index in [9.17, 15) is 14.0 Å². The molecule has 0 saturated heterocycles. The van der Waals surface area contributed by atoms with Gasteiger partial charge in [-0.1, -0.05) is 18.2 Å². The summed E-state index contributed by atoms with van der Waals surface area (Å²) in [5.41, 5.74) is -0.524. The van der Waals surface area contributed by atoms with Gasteiger partial charge in [-0.15, -0.1) is 0 Å². The molecule has 1 aromatic rings. The zero-order valence-electron chi connectivity index (χ0n) is 14.7. The van der Waals surface area contributed by atoms with Gasteiger partial charge in [0.1, 0.15) is 17.2 Å². The van der Waals surface area contributed by atoms with E-state index in [1.54, 1.807) is 20.8 Å². The van der Waals surface area contributed by atoms with Crippen LogP contribution in [0.1, 0.15) is 27.7 Å². The minimum Gasteiger partial charge on any atom is -0.487 e. The highest BCUT2D eigenvalue weighted by molar-refractivity contribution is 6.32. The first kappa shape index (κ1) is 20.8. The van der Waals surface area contributed by atoms with Crippen molar-refractivity contribution < 1.29 is 28.2 Å². The molecule has 25 heavy (non-hydrogen) atoms. The molecule has 0 bridgehead atoms. The number of amides is 1. The van der Waals surface area contributed by atoms with Crippen LogP contribution in [0.2, 0.25) is 5.02 Å². The fraction of sp³-hybridized carbons (Fsp3) is 0.412. The molecule has 1 N–H and O–H groups in total. The van der Waals surface area contributed by atoms with Crippen molar-refractivity contribution in [2.24, 2.45) is 0 Å². The topological polar surface area (TPSA) is 73.9 Å². The third kappa shape index (κ3) is 6.26. The van der Waals surface area contributed by atoms with Crippen molar-refractivity contribution in [3.8, 4) is 5.75 Å². The Morgan fingerprint density at radius 2 is 1.92 bits per heavy atom. The van der Waals surface area contributed by atoms with Gasteiger partial charge in [0.2, 0.25) is 6.10 Å². The normalized spacial score (nSPS) is 12.1. The average molecular weight is 374 g/mol. The van der Waals surface area contributed by atoms with E-state index >= 15 is 0 Å². The molecule has 0 aliphatic heterocycles. The molecular weight excluding hydrogens is 353 g/mol. The highest BCUT2D eigenvalue weighted by Crippen LogP contribution is 2.33. The molecule has 1 amide bonds. The molecular formula is C17H21ClFNO5. The number of rotatable bonds is 5.